The first-order valence-electron chi connectivity index (χ1n) is 10.8. The molecule has 0 atom stereocenters. The maximum absolute atomic E-state index is 13.3. The molecule has 1 aliphatic rings. The molecule has 0 amide bonds. The predicted octanol–water partition coefficient (Wildman–Crippen LogP) is 2.68. The van der Waals surface area contributed by atoms with Gasteiger partial charge in [0.05, 0.1) is 36.6 Å². The summed E-state index contributed by atoms with van der Waals surface area (Å²) in [6, 6.07) is 16.5. The molecule has 1 saturated heterocycles. The van der Waals surface area contributed by atoms with Crippen LogP contribution >= 0.6 is 0 Å². The van der Waals surface area contributed by atoms with E-state index in [9.17, 15) is 9.59 Å². The van der Waals surface area contributed by atoms with Gasteiger partial charge in [-0.25, -0.2) is 4.68 Å². The van der Waals surface area contributed by atoms with E-state index in [4.69, 9.17) is 4.74 Å². The van der Waals surface area contributed by atoms with Gasteiger partial charge in [-0.1, -0.05) is 12.1 Å². The number of para-hydroxylation sites is 1. The average Bonchev–Trinajstić information content (AvgIpc) is 3.36. The zero-order valence-corrected chi connectivity index (χ0v) is 18.0. The van der Waals surface area contributed by atoms with Crippen LogP contribution in [0.25, 0.3) is 11.3 Å². The summed E-state index contributed by atoms with van der Waals surface area (Å²) in [5.74, 6) is -0.239. The number of aromatic nitrogens is 4. The van der Waals surface area contributed by atoms with Crippen LogP contribution in [0.15, 0.2) is 84.2 Å². The van der Waals surface area contributed by atoms with Crippen LogP contribution in [-0.4, -0.2) is 51.5 Å². The molecule has 4 heterocycles. The minimum Gasteiger partial charge on any atom is -0.378 e. The van der Waals surface area contributed by atoms with Crippen molar-refractivity contribution in [3.05, 3.63) is 101 Å². The molecule has 33 heavy (non-hydrogen) atoms. The predicted molar refractivity (Wildman–Crippen MR) is 124 cm³/mol. The summed E-state index contributed by atoms with van der Waals surface area (Å²) in [5, 5.41) is 4.45. The van der Waals surface area contributed by atoms with Gasteiger partial charge in [0.2, 0.25) is 0 Å². The molecule has 0 unspecified atom stereocenters. The SMILES string of the molecule is O=C(c1ccccc1N1CCOCC1)n1ccc(-c2cccn(Cc3ccncc3)c2=O)n1. The average molecular weight is 441 g/mol. The normalized spacial score (nSPS) is 13.8. The van der Waals surface area contributed by atoms with Crippen molar-refractivity contribution in [2.45, 2.75) is 6.54 Å². The van der Waals surface area contributed by atoms with Gasteiger partial charge in [0.1, 0.15) is 0 Å². The van der Waals surface area contributed by atoms with Gasteiger partial charge in [0.15, 0.2) is 0 Å². The van der Waals surface area contributed by atoms with Gasteiger partial charge < -0.3 is 14.2 Å². The second-order valence-electron chi connectivity index (χ2n) is 7.78. The molecule has 0 spiro atoms. The van der Waals surface area contributed by atoms with Crippen molar-refractivity contribution in [2.75, 3.05) is 31.2 Å². The summed E-state index contributed by atoms with van der Waals surface area (Å²) in [5.41, 5.74) is 3.14. The van der Waals surface area contributed by atoms with Crippen molar-refractivity contribution < 1.29 is 9.53 Å². The Morgan fingerprint density at radius 1 is 0.939 bits per heavy atom. The number of hydrogen-bond acceptors (Lipinski definition) is 6. The highest BCUT2D eigenvalue weighted by Gasteiger charge is 2.20. The second-order valence-corrected chi connectivity index (χ2v) is 7.78. The number of anilines is 1. The maximum atomic E-state index is 13.3. The molecule has 8 heteroatoms. The van der Waals surface area contributed by atoms with Gasteiger partial charge in [-0.3, -0.25) is 14.6 Å². The molecule has 0 bridgehead atoms. The van der Waals surface area contributed by atoms with E-state index >= 15 is 0 Å². The van der Waals surface area contributed by atoms with Crippen LogP contribution in [0.3, 0.4) is 0 Å². The molecule has 0 radical (unpaired) electrons. The van der Waals surface area contributed by atoms with E-state index in [1.807, 2.05) is 36.4 Å². The lowest BCUT2D eigenvalue weighted by atomic mass is 10.1. The first-order valence-corrected chi connectivity index (χ1v) is 10.8. The summed E-state index contributed by atoms with van der Waals surface area (Å²) < 4.78 is 8.36. The Hall–Kier alpha value is -4.04. The number of carbonyl (C=O) groups excluding carboxylic acids is 1. The molecule has 5 rings (SSSR count). The first-order chi connectivity index (χ1) is 16.2. The fourth-order valence-corrected chi connectivity index (χ4v) is 3.98. The molecule has 1 fully saturated rings. The smallest absolute Gasteiger partial charge is 0.280 e. The van der Waals surface area contributed by atoms with E-state index < -0.39 is 0 Å². The topological polar surface area (TPSA) is 82.2 Å². The number of carbonyl (C=O) groups is 1. The van der Waals surface area contributed by atoms with Crippen molar-refractivity contribution in [3.63, 3.8) is 0 Å². The van der Waals surface area contributed by atoms with Crippen LogP contribution in [0, 0.1) is 0 Å². The monoisotopic (exact) mass is 441 g/mol. The third-order valence-corrected chi connectivity index (χ3v) is 5.68. The van der Waals surface area contributed by atoms with Crippen molar-refractivity contribution in [3.8, 4) is 11.3 Å². The second kappa shape index (κ2) is 9.22. The zero-order valence-electron chi connectivity index (χ0n) is 18.0. The molecule has 8 nitrogen and oxygen atoms in total. The Bertz CT molecular complexity index is 1320. The van der Waals surface area contributed by atoms with Gasteiger partial charge in [-0.05, 0) is 48.0 Å². The largest absolute Gasteiger partial charge is 0.378 e. The summed E-state index contributed by atoms with van der Waals surface area (Å²) in [6.45, 7) is 3.16. The summed E-state index contributed by atoms with van der Waals surface area (Å²) in [7, 11) is 0. The Kier molecular flexibility index (Phi) is 5.82. The third kappa shape index (κ3) is 4.33. The number of hydrogen-bond donors (Lipinski definition) is 0. The maximum Gasteiger partial charge on any atom is 0.280 e. The Morgan fingerprint density at radius 2 is 1.73 bits per heavy atom. The van der Waals surface area contributed by atoms with Gasteiger partial charge in [-0.2, -0.15) is 5.10 Å². The highest BCUT2D eigenvalue weighted by atomic mass is 16.5. The Labute approximate surface area is 190 Å². The first kappa shape index (κ1) is 20.8. The van der Waals surface area contributed by atoms with E-state index in [-0.39, 0.29) is 11.5 Å². The minimum absolute atomic E-state index is 0.166. The number of benzene rings is 1. The van der Waals surface area contributed by atoms with Crippen LogP contribution in [-0.2, 0) is 11.3 Å². The van der Waals surface area contributed by atoms with E-state index in [1.165, 1.54) is 4.68 Å². The standard InChI is InChI=1S/C25H23N5O3/c31-24-20(5-3-12-29(24)18-19-7-10-26-11-8-19)22-9-13-30(27-22)25(32)21-4-1-2-6-23(21)28-14-16-33-17-15-28/h1-13H,14-18H2. The molecule has 3 aromatic heterocycles. The van der Waals surface area contributed by atoms with E-state index in [0.717, 1.165) is 24.3 Å². The van der Waals surface area contributed by atoms with Crippen LogP contribution < -0.4 is 10.5 Å². The van der Waals surface area contributed by atoms with Gasteiger partial charge in [0, 0.05) is 43.6 Å². The van der Waals surface area contributed by atoms with Crippen LogP contribution in [0.1, 0.15) is 15.9 Å². The third-order valence-electron chi connectivity index (χ3n) is 5.68. The molecular weight excluding hydrogens is 418 g/mol. The molecule has 0 saturated carbocycles. The van der Waals surface area contributed by atoms with Crippen molar-refractivity contribution in [2.24, 2.45) is 0 Å². The summed E-state index contributed by atoms with van der Waals surface area (Å²) >= 11 is 0. The van der Waals surface area contributed by atoms with E-state index in [0.29, 0.717) is 36.6 Å². The molecule has 0 aliphatic carbocycles. The van der Waals surface area contributed by atoms with E-state index in [1.54, 1.807) is 47.6 Å². The number of ether oxygens (including phenoxy) is 1. The van der Waals surface area contributed by atoms with E-state index in [2.05, 4.69) is 15.0 Å². The molecule has 0 N–H and O–H groups in total. The zero-order chi connectivity index (χ0) is 22.6. The molecule has 166 valence electrons. The van der Waals surface area contributed by atoms with Gasteiger partial charge in [-0.15, -0.1) is 0 Å². The highest BCUT2D eigenvalue weighted by Crippen LogP contribution is 2.23. The Balaban J connectivity index is 1.43. The lowest BCUT2D eigenvalue weighted by Gasteiger charge is -2.30. The van der Waals surface area contributed by atoms with Crippen LogP contribution in [0.5, 0.6) is 0 Å². The summed E-state index contributed by atoms with van der Waals surface area (Å²) in [4.78, 5) is 32.5. The molecule has 1 aromatic carbocycles. The van der Waals surface area contributed by atoms with Crippen LogP contribution in [0.2, 0.25) is 0 Å². The molecule has 4 aromatic rings. The fraction of sp³-hybridized carbons (Fsp3) is 0.200. The summed E-state index contributed by atoms with van der Waals surface area (Å²) in [6.07, 6.45) is 6.75. The highest BCUT2D eigenvalue weighted by molar-refractivity contribution is 6.01. The van der Waals surface area contributed by atoms with Gasteiger partial charge >= 0.3 is 0 Å². The number of morpholine rings is 1. The lowest BCUT2D eigenvalue weighted by Crippen LogP contribution is -2.37. The van der Waals surface area contributed by atoms with Crippen LogP contribution in [0.4, 0.5) is 5.69 Å². The van der Waals surface area contributed by atoms with Crippen molar-refractivity contribution in [1.82, 2.24) is 19.3 Å². The Morgan fingerprint density at radius 3 is 2.55 bits per heavy atom. The van der Waals surface area contributed by atoms with Gasteiger partial charge in [0.25, 0.3) is 11.5 Å². The number of pyridine rings is 2. The lowest BCUT2D eigenvalue weighted by molar-refractivity contribution is 0.0944. The number of rotatable bonds is 5. The fourth-order valence-electron chi connectivity index (χ4n) is 3.98. The molecule has 1 aliphatic heterocycles. The van der Waals surface area contributed by atoms with Crippen molar-refractivity contribution >= 4 is 11.6 Å². The molecular formula is C25H23N5O3. The van der Waals surface area contributed by atoms with Crippen molar-refractivity contribution in [1.29, 1.82) is 0 Å². The number of nitrogens with zero attached hydrogens (tertiary/aromatic N) is 5. The minimum atomic E-state index is -0.239. The quantitative estimate of drug-likeness (QED) is 0.474.